The van der Waals surface area contributed by atoms with Gasteiger partial charge in [-0.25, -0.2) is 28.1 Å². The van der Waals surface area contributed by atoms with Crippen molar-refractivity contribution in [2.45, 2.75) is 51.5 Å². The third kappa shape index (κ3) is 3.70. The molecule has 0 bridgehead atoms. The van der Waals surface area contributed by atoms with Gasteiger partial charge >= 0.3 is 17.1 Å². The third-order valence-electron chi connectivity index (χ3n) is 3.98. The lowest BCUT2D eigenvalue weighted by atomic mass is 10.3. The molecule has 2 atom stereocenters. The fraction of sp³-hybridized carbons (Fsp3) is 0.667. The van der Waals surface area contributed by atoms with Crippen molar-refractivity contribution in [3.8, 4) is 0 Å². The van der Waals surface area contributed by atoms with Gasteiger partial charge in [0.2, 0.25) is 0 Å². The van der Waals surface area contributed by atoms with Crippen LogP contribution in [0.5, 0.6) is 0 Å². The van der Waals surface area contributed by atoms with Crippen LogP contribution in [0.1, 0.15) is 26.2 Å². The van der Waals surface area contributed by atoms with Crippen LogP contribution >= 0.6 is 0 Å². The molecule has 2 saturated heterocycles. The summed E-state index contributed by atoms with van der Waals surface area (Å²) in [6.45, 7) is 3.74. The molecule has 0 saturated carbocycles. The van der Waals surface area contributed by atoms with Gasteiger partial charge in [-0.05, 0) is 19.3 Å². The van der Waals surface area contributed by atoms with E-state index >= 15 is 0 Å². The predicted octanol–water partition coefficient (Wildman–Crippen LogP) is -0.370. The summed E-state index contributed by atoms with van der Waals surface area (Å²) in [5.74, 6) is 0. The quantitative estimate of drug-likeness (QED) is 0.609. The number of hydrogen-bond donors (Lipinski definition) is 0. The number of nitrogens with zero attached hydrogens (tertiary/aromatic N) is 3. The molecule has 0 spiro atoms. The van der Waals surface area contributed by atoms with Gasteiger partial charge in [-0.1, -0.05) is 13.0 Å². The topological polar surface area (TPSA) is 91.1 Å². The molecule has 0 aromatic carbocycles. The van der Waals surface area contributed by atoms with Gasteiger partial charge in [0.05, 0.1) is 25.4 Å². The summed E-state index contributed by atoms with van der Waals surface area (Å²) >= 11 is 0. The molecule has 1 aromatic rings. The molecule has 8 nitrogen and oxygen atoms in total. The van der Waals surface area contributed by atoms with Gasteiger partial charge in [-0.3, -0.25) is 0 Å². The van der Waals surface area contributed by atoms with Crippen LogP contribution in [0.3, 0.4) is 0 Å². The van der Waals surface area contributed by atoms with E-state index < -0.39 is 17.1 Å². The Morgan fingerprint density at radius 2 is 1.43 bits per heavy atom. The zero-order valence-corrected chi connectivity index (χ0v) is 13.1. The van der Waals surface area contributed by atoms with Crippen molar-refractivity contribution in [1.82, 2.24) is 13.7 Å². The van der Waals surface area contributed by atoms with E-state index in [1.54, 1.807) is 6.08 Å². The highest BCUT2D eigenvalue weighted by atomic mass is 16.6. The van der Waals surface area contributed by atoms with E-state index in [0.29, 0.717) is 32.5 Å². The Morgan fingerprint density at radius 1 is 0.957 bits per heavy atom. The second kappa shape index (κ2) is 6.67. The van der Waals surface area contributed by atoms with Crippen molar-refractivity contribution in [2.75, 3.05) is 13.2 Å². The Labute approximate surface area is 132 Å². The number of rotatable bonds is 8. The van der Waals surface area contributed by atoms with Crippen LogP contribution in [0.25, 0.3) is 6.20 Å². The van der Waals surface area contributed by atoms with Crippen LogP contribution in [0, 0.1) is 0 Å². The van der Waals surface area contributed by atoms with E-state index in [1.165, 1.54) is 6.20 Å². The summed E-state index contributed by atoms with van der Waals surface area (Å²) in [5.41, 5.74) is -1.74. The minimum Gasteiger partial charge on any atom is -0.373 e. The lowest BCUT2D eigenvalue weighted by Gasteiger charge is -2.11. The maximum Gasteiger partial charge on any atom is 0.340 e. The second-order valence-electron chi connectivity index (χ2n) is 5.80. The first kappa shape index (κ1) is 15.9. The summed E-state index contributed by atoms with van der Waals surface area (Å²) in [5, 5.41) is 0. The molecule has 1 aromatic heterocycles. The molecular formula is C15H21N3O5. The maximum absolute atomic E-state index is 12.5. The van der Waals surface area contributed by atoms with Crippen molar-refractivity contribution in [3.63, 3.8) is 0 Å². The first-order valence-corrected chi connectivity index (χ1v) is 7.98. The van der Waals surface area contributed by atoms with E-state index in [1.807, 2.05) is 6.92 Å². The molecule has 0 N–H and O–H groups in total. The van der Waals surface area contributed by atoms with Crippen molar-refractivity contribution in [2.24, 2.45) is 0 Å². The minimum absolute atomic E-state index is 0.112. The van der Waals surface area contributed by atoms with Gasteiger partial charge in [0.15, 0.2) is 0 Å². The first-order valence-electron chi connectivity index (χ1n) is 7.98. The summed E-state index contributed by atoms with van der Waals surface area (Å²) in [7, 11) is 0. The molecule has 2 aliphatic rings. The summed E-state index contributed by atoms with van der Waals surface area (Å²) in [6.07, 6.45) is 5.26. The van der Waals surface area contributed by atoms with Crippen LogP contribution in [-0.2, 0) is 22.6 Å². The number of epoxide rings is 2. The Bertz CT molecular complexity index is 711. The van der Waals surface area contributed by atoms with Crippen molar-refractivity contribution < 1.29 is 9.47 Å². The van der Waals surface area contributed by atoms with Crippen LogP contribution in [0.4, 0.5) is 0 Å². The Kier molecular flexibility index (Phi) is 4.63. The molecule has 3 heterocycles. The summed E-state index contributed by atoms with van der Waals surface area (Å²) < 4.78 is 13.5. The van der Waals surface area contributed by atoms with Crippen molar-refractivity contribution in [3.05, 3.63) is 37.5 Å². The fourth-order valence-corrected chi connectivity index (χ4v) is 2.39. The van der Waals surface area contributed by atoms with Gasteiger partial charge in [-0.15, -0.1) is 0 Å². The molecule has 2 aliphatic heterocycles. The van der Waals surface area contributed by atoms with Crippen LogP contribution in [0.15, 0.2) is 20.5 Å². The van der Waals surface area contributed by atoms with E-state index in [-0.39, 0.29) is 25.3 Å². The van der Waals surface area contributed by atoms with Crippen molar-refractivity contribution >= 4 is 6.20 Å². The smallest absolute Gasteiger partial charge is 0.340 e. The monoisotopic (exact) mass is 323 g/mol. The van der Waals surface area contributed by atoms with E-state index in [0.717, 1.165) is 13.7 Å². The molecule has 23 heavy (non-hydrogen) atoms. The molecular weight excluding hydrogens is 302 g/mol. The van der Waals surface area contributed by atoms with Crippen LogP contribution in [-0.4, -0.2) is 39.1 Å². The van der Waals surface area contributed by atoms with Crippen LogP contribution in [0.2, 0.25) is 0 Å². The van der Waals surface area contributed by atoms with Crippen LogP contribution < -0.4 is 17.1 Å². The standard InChI is InChI=1S/C15H21N3O5/c1-2-3-6-16-13(19)17(7-4-11-9-22-11)15(21)18(14(16)20)8-5-12-10-23-12/h3,6,11-12H,2,4-5,7-10H2,1H3/b6-3+. The number of hydrogen-bond acceptors (Lipinski definition) is 5. The van der Waals surface area contributed by atoms with E-state index in [9.17, 15) is 14.4 Å². The maximum atomic E-state index is 12.5. The number of aromatic nitrogens is 3. The zero-order valence-electron chi connectivity index (χ0n) is 13.1. The molecule has 2 fully saturated rings. The average molecular weight is 323 g/mol. The number of ether oxygens (including phenoxy) is 2. The van der Waals surface area contributed by atoms with Gasteiger partial charge in [0.25, 0.3) is 0 Å². The normalized spacial score (nSPS) is 22.7. The number of allylic oxidation sites excluding steroid dienone is 1. The first-order chi connectivity index (χ1) is 11.1. The largest absolute Gasteiger partial charge is 0.373 e. The summed E-state index contributed by atoms with van der Waals surface area (Å²) in [6, 6.07) is 0. The molecule has 8 heteroatoms. The van der Waals surface area contributed by atoms with Crippen molar-refractivity contribution in [1.29, 1.82) is 0 Å². The SMILES string of the molecule is CC/C=C/n1c(=O)n(CCC2CO2)c(=O)n(CCC2CO2)c1=O. The van der Waals surface area contributed by atoms with Gasteiger partial charge in [0.1, 0.15) is 0 Å². The fourth-order valence-electron chi connectivity index (χ4n) is 2.39. The lowest BCUT2D eigenvalue weighted by Crippen LogP contribution is -2.53. The Hall–Kier alpha value is -1.93. The highest BCUT2D eigenvalue weighted by molar-refractivity contribution is 5.20. The summed E-state index contributed by atoms with van der Waals surface area (Å²) in [4.78, 5) is 37.4. The van der Waals surface area contributed by atoms with Gasteiger partial charge in [-0.2, -0.15) is 0 Å². The Morgan fingerprint density at radius 3 is 1.83 bits per heavy atom. The van der Waals surface area contributed by atoms with E-state index in [2.05, 4.69) is 0 Å². The second-order valence-corrected chi connectivity index (χ2v) is 5.80. The Balaban J connectivity index is 1.99. The molecule has 126 valence electrons. The average Bonchev–Trinajstić information content (AvgIpc) is 3.41. The molecule has 0 aliphatic carbocycles. The van der Waals surface area contributed by atoms with Gasteiger partial charge < -0.3 is 9.47 Å². The molecule has 2 unspecified atom stereocenters. The molecule has 0 amide bonds. The lowest BCUT2D eigenvalue weighted by molar-refractivity contribution is 0.364. The third-order valence-corrected chi connectivity index (χ3v) is 3.98. The highest BCUT2D eigenvalue weighted by Gasteiger charge is 2.25. The predicted molar refractivity (Wildman–Crippen MR) is 83.6 cm³/mol. The molecule has 0 radical (unpaired) electrons. The molecule has 3 rings (SSSR count). The highest BCUT2D eigenvalue weighted by Crippen LogP contribution is 2.14. The van der Waals surface area contributed by atoms with E-state index in [4.69, 9.17) is 9.47 Å². The van der Waals surface area contributed by atoms with Gasteiger partial charge in [0, 0.05) is 19.3 Å². The minimum atomic E-state index is -0.593. The zero-order chi connectivity index (χ0) is 16.4.